The molecule has 0 atom stereocenters. The molecule has 0 aromatic carbocycles. The van der Waals surface area contributed by atoms with Crippen LogP contribution in [-0.4, -0.2) is 6.29 Å². The quantitative estimate of drug-likeness (QED) is 0.248. The van der Waals surface area contributed by atoms with Crippen LogP contribution in [0.4, 0.5) is 0 Å². The molecule has 10 heavy (non-hydrogen) atoms. The Bertz CT molecular complexity index is 225. The second-order valence-electron chi connectivity index (χ2n) is 2.13. The van der Waals surface area contributed by atoms with Crippen LogP contribution < -0.4 is 0 Å². The molecule has 0 saturated heterocycles. The third-order valence-electron chi connectivity index (χ3n) is 1.54. The van der Waals surface area contributed by atoms with Crippen molar-refractivity contribution in [1.82, 2.24) is 0 Å². The van der Waals surface area contributed by atoms with Crippen LogP contribution in [0.3, 0.4) is 0 Å². The molecule has 0 N–H and O–H groups in total. The Morgan fingerprint density at radius 3 is 3.00 bits per heavy atom. The average molecular weight is 137 g/mol. The second-order valence-corrected chi connectivity index (χ2v) is 2.13. The number of nitrogens with zero attached hydrogens (tertiary/aromatic N) is 3. The maximum Gasteiger partial charge on any atom is 0.146 e. The first-order chi connectivity index (χ1) is 4.88. The molecule has 1 aliphatic carbocycles. The van der Waals surface area contributed by atoms with Gasteiger partial charge in [0.05, 0.1) is 0 Å². The number of hydrogen-bond donors (Lipinski definition) is 0. The van der Waals surface area contributed by atoms with E-state index in [0.717, 1.165) is 25.5 Å². The minimum atomic E-state index is 0.623. The standard InChI is InChI=1S/C6H7N3O/c7-9-8-6-3-1-2-5(6)4-10/h4H,1-3H2. The number of allylic oxidation sites excluding steroid dienone is 2. The van der Waals surface area contributed by atoms with Crippen LogP contribution >= 0.6 is 0 Å². The molecule has 0 saturated carbocycles. The summed E-state index contributed by atoms with van der Waals surface area (Å²) in [5, 5.41) is 3.40. The van der Waals surface area contributed by atoms with Crippen molar-refractivity contribution in [3.63, 3.8) is 0 Å². The van der Waals surface area contributed by atoms with Crippen LogP contribution in [0.2, 0.25) is 0 Å². The summed E-state index contributed by atoms with van der Waals surface area (Å²) >= 11 is 0. The van der Waals surface area contributed by atoms with Crippen LogP contribution in [0.25, 0.3) is 10.4 Å². The van der Waals surface area contributed by atoms with E-state index >= 15 is 0 Å². The Morgan fingerprint density at radius 1 is 1.60 bits per heavy atom. The first kappa shape index (κ1) is 6.83. The van der Waals surface area contributed by atoms with Crippen LogP contribution in [0, 0.1) is 0 Å². The van der Waals surface area contributed by atoms with E-state index in [-0.39, 0.29) is 0 Å². The Labute approximate surface area is 58.2 Å². The molecule has 1 rings (SSSR count). The highest BCUT2D eigenvalue weighted by Gasteiger charge is 2.11. The second kappa shape index (κ2) is 3.03. The lowest BCUT2D eigenvalue weighted by atomic mass is 10.2. The Kier molecular flexibility index (Phi) is 2.07. The average Bonchev–Trinajstić information content (AvgIpc) is 2.36. The summed E-state index contributed by atoms with van der Waals surface area (Å²) in [5.41, 5.74) is 9.34. The molecule has 1 aliphatic rings. The van der Waals surface area contributed by atoms with E-state index in [9.17, 15) is 4.79 Å². The van der Waals surface area contributed by atoms with E-state index < -0.39 is 0 Å². The molecule has 0 unspecified atom stereocenters. The maximum atomic E-state index is 10.3. The molecule has 0 heterocycles. The zero-order valence-electron chi connectivity index (χ0n) is 5.45. The van der Waals surface area contributed by atoms with Gasteiger partial charge in [0.1, 0.15) is 6.29 Å². The largest absolute Gasteiger partial charge is 0.298 e. The molecular weight excluding hydrogens is 130 g/mol. The van der Waals surface area contributed by atoms with Crippen molar-refractivity contribution in [1.29, 1.82) is 0 Å². The molecule has 0 aliphatic heterocycles. The van der Waals surface area contributed by atoms with Gasteiger partial charge in [-0.1, -0.05) is 5.11 Å². The lowest BCUT2D eigenvalue weighted by Crippen LogP contribution is -1.79. The van der Waals surface area contributed by atoms with Gasteiger partial charge in [-0.25, -0.2) is 0 Å². The fraction of sp³-hybridized carbons (Fsp3) is 0.500. The van der Waals surface area contributed by atoms with Gasteiger partial charge in [-0.3, -0.25) is 4.79 Å². The summed E-state index contributed by atoms with van der Waals surface area (Å²) in [7, 11) is 0. The van der Waals surface area contributed by atoms with Crippen molar-refractivity contribution >= 4 is 6.29 Å². The lowest BCUT2D eigenvalue weighted by Gasteiger charge is -1.87. The SMILES string of the molecule is [N-]=[N+]=NC1=C(C=O)CCC1. The minimum Gasteiger partial charge on any atom is -0.298 e. The van der Waals surface area contributed by atoms with Crippen molar-refractivity contribution < 1.29 is 4.79 Å². The van der Waals surface area contributed by atoms with Crippen molar-refractivity contribution in [3.8, 4) is 0 Å². The summed E-state index contributed by atoms with van der Waals surface area (Å²) < 4.78 is 0. The number of rotatable bonds is 2. The maximum absolute atomic E-state index is 10.3. The molecule has 0 spiro atoms. The summed E-state index contributed by atoms with van der Waals surface area (Å²) in [6.45, 7) is 0. The smallest absolute Gasteiger partial charge is 0.146 e. The van der Waals surface area contributed by atoms with Crippen LogP contribution in [0.1, 0.15) is 19.3 Å². The van der Waals surface area contributed by atoms with Gasteiger partial charge in [0.25, 0.3) is 0 Å². The van der Waals surface area contributed by atoms with Gasteiger partial charge in [0, 0.05) is 10.6 Å². The van der Waals surface area contributed by atoms with E-state index in [4.69, 9.17) is 5.53 Å². The first-order valence-electron chi connectivity index (χ1n) is 3.11. The van der Waals surface area contributed by atoms with Crippen LogP contribution in [0.15, 0.2) is 16.4 Å². The zero-order valence-corrected chi connectivity index (χ0v) is 5.45. The highest BCUT2D eigenvalue weighted by molar-refractivity contribution is 5.75. The normalized spacial score (nSPS) is 16.8. The molecule has 0 bridgehead atoms. The van der Waals surface area contributed by atoms with Gasteiger partial charge in [-0.15, -0.1) is 0 Å². The van der Waals surface area contributed by atoms with Crippen molar-refractivity contribution in [2.45, 2.75) is 19.3 Å². The Balaban J connectivity index is 2.87. The lowest BCUT2D eigenvalue weighted by molar-refractivity contribution is -0.105. The topological polar surface area (TPSA) is 65.8 Å². The van der Waals surface area contributed by atoms with Crippen molar-refractivity contribution in [2.24, 2.45) is 5.11 Å². The number of carbonyl (C=O) groups is 1. The molecule has 4 heteroatoms. The van der Waals surface area contributed by atoms with Crippen LogP contribution in [-0.2, 0) is 4.79 Å². The third-order valence-corrected chi connectivity index (χ3v) is 1.54. The van der Waals surface area contributed by atoms with Gasteiger partial charge < -0.3 is 0 Å². The van der Waals surface area contributed by atoms with E-state index in [1.165, 1.54) is 0 Å². The zero-order chi connectivity index (χ0) is 7.40. The number of azide groups is 1. The van der Waals surface area contributed by atoms with E-state index in [1.54, 1.807) is 0 Å². The molecule has 0 radical (unpaired) electrons. The summed E-state index contributed by atoms with van der Waals surface area (Å²) in [4.78, 5) is 12.9. The fourth-order valence-electron chi connectivity index (χ4n) is 1.05. The van der Waals surface area contributed by atoms with Crippen LogP contribution in [0.5, 0.6) is 0 Å². The van der Waals surface area contributed by atoms with Gasteiger partial charge in [0.15, 0.2) is 0 Å². The van der Waals surface area contributed by atoms with E-state index in [0.29, 0.717) is 11.3 Å². The monoisotopic (exact) mass is 137 g/mol. The molecule has 0 aromatic heterocycles. The first-order valence-corrected chi connectivity index (χ1v) is 3.11. The molecule has 52 valence electrons. The molecule has 0 fully saturated rings. The van der Waals surface area contributed by atoms with Gasteiger partial charge >= 0.3 is 0 Å². The van der Waals surface area contributed by atoms with Gasteiger partial charge in [-0.05, 0) is 30.4 Å². The van der Waals surface area contributed by atoms with E-state index in [2.05, 4.69) is 10.0 Å². The summed E-state index contributed by atoms with van der Waals surface area (Å²) in [6.07, 6.45) is 3.22. The van der Waals surface area contributed by atoms with E-state index in [1.807, 2.05) is 0 Å². The number of carbonyl (C=O) groups excluding carboxylic acids is 1. The molecule has 0 amide bonds. The highest BCUT2D eigenvalue weighted by Crippen LogP contribution is 2.24. The summed E-state index contributed by atoms with van der Waals surface area (Å²) in [5.74, 6) is 0. The minimum absolute atomic E-state index is 0.623. The van der Waals surface area contributed by atoms with Gasteiger partial charge in [0.2, 0.25) is 0 Å². The molecule has 4 nitrogen and oxygen atoms in total. The number of aldehydes is 1. The summed E-state index contributed by atoms with van der Waals surface area (Å²) in [6, 6.07) is 0. The molecular formula is C6H7N3O. The predicted octanol–water partition coefficient (Wildman–Crippen LogP) is 1.93. The highest BCUT2D eigenvalue weighted by atomic mass is 16.1. The van der Waals surface area contributed by atoms with Gasteiger partial charge in [-0.2, -0.15) is 0 Å². The van der Waals surface area contributed by atoms with Crippen molar-refractivity contribution in [2.75, 3.05) is 0 Å². The third kappa shape index (κ3) is 1.17. The Morgan fingerprint density at radius 2 is 2.40 bits per heavy atom. The van der Waals surface area contributed by atoms with Crippen molar-refractivity contribution in [3.05, 3.63) is 21.7 Å². The molecule has 0 aromatic rings. The predicted molar refractivity (Wildman–Crippen MR) is 36.1 cm³/mol. The Hall–Kier alpha value is -1.28. The number of hydrogen-bond acceptors (Lipinski definition) is 2. The fourth-order valence-corrected chi connectivity index (χ4v) is 1.05.